The fourth-order valence-electron chi connectivity index (χ4n) is 5.63. The molecule has 5 heteroatoms. The van der Waals surface area contributed by atoms with Crippen LogP contribution in [0.15, 0.2) is 70.4 Å². The zero-order chi connectivity index (χ0) is 21.2. The molecule has 32 heavy (non-hydrogen) atoms. The van der Waals surface area contributed by atoms with Gasteiger partial charge in [0.2, 0.25) is 0 Å². The molecule has 2 atom stereocenters. The van der Waals surface area contributed by atoms with Crippen LogP contribution in [-0.2, 0) is 24.7 Å². The molecule has 1 aromatic heterocycles. The summed E-state index contributed by atoms with van der Waals surface area (Å²) in [4.78, 5) is 0. The summed E-state index contributed by atoms with van der Waals surface area (Å²) >= 11 is 1.59. The molecule has 3 aromatic rings. The van der Waals surface area contributed by atoms with Crippen LogP contribution in [0.25, 0.3) is 22.4 Å². The van der Waals surface area contributed by atoms with Crippen LogP contribution in [0.2, 0.25) is 13.1 Å². The molecular weight excluding hydrogens is 531 g/mol. The molecule has 0 saturated heterocycles. The molecule has 4 aliphatic rings. The van der Waals surface area contributed by atoms with Crippen molar-refractivity contribution < 1.29 is 54.0 Å². The molecule has 0 fully saturated rings. The first-order valence-corrected chi connectivity index (χ1v) is 15.2. The average Bonchev–Trinajstić information content (AvgIpc) is 3.40. The normalized spacial score (nSPS) is 20.7. The summed E-state index contributed by atoms with van der Waals surface area (Å²) in [6.07, 6.45) is 4.19. The fourth-order valence-corrected chi connectivity index (χ4v) is 10.7. The molecule has 2 aromatic carbocycles. The maximum absolute atomic E-state index is 5.53. The Labute approximate surface area is 220 Å². The van der Waals surface area contributed by atoms with Gasteiger partial charge in [-0.3, -0.25) is 0 Å². The smallest absolute Gasteiger partial charge is 1.00 e. The summed E-state index contributed by atoms with van der Waals surface area (Å²) in [7, 11) is -1.08. The zero-order valence-electron chi connectivity index (χ0n) is 19.1. The van der Waals surface area contributed by atoms with E-state index in [9.17, 15) is 0 Å². The van der Waals surface area contributed by atoms with Gasteiger partial charge in [0.05, 0.1) is 14.3 Å². The maximum atomic E-state index is 5.53. The first-order chi connectivity index (χ1) is 14.3. The summed E-state index contributed by atoms with van der Waals surface area (Å²) in [5.74, 6) is 1.26. The van der Waals surface area contributed by atoms with Crippen LogP contribution in [0.3, 0.4) is 0 Å². The molecule has 163 valence electrons. The summed E-state index contributed by atoms with van der Waals surface area (Å²) in [6.45, 7) is 11.5. The van der Waals surface area contributed by atoms with Crippen molar-refractivity contribution in [2.75, 3.05) is 0 Å². The first kappa shape index (κ1) is 25.5. The number of rotatable bonds is 1. The SMILES string of the molecule is CC1=C2c3ccoc3C1[Si]2(C)C.CC1=Cc2c(-c3ccc(C)cc3)cccc2[CH]1[Zr+2].[Cl-].[Cl-]. The van der Waals surface area contributed by atoms with Crippen LogP contribution in [0.1, 0.15) is 51.0 Å². The van der Waals surface area contributed by atoms with Crippen molar-refractivity contribution in [2.45, 2.75) is 43.0 Å². The van der Waals surface area contributed by atoms with Crippen molar-refractivity contribution in [1.82, 2.24) is 0 Å². The zero-order valence-corrected chi connectivity index (χ0v) is 24.1. The Bertz CT molecular complexity index is 1220. The van der Waals surface area contributed by atoms with E-state index in [0.29, 0.717) is 9.17 Å². The van der Waals surface area contributed by atoms with Crippen molar-refractivity contribution in [2.24, 2.45) is 0 Å². The van der Waals surface area contributed by atoms with Crippen LogP contribution >= 0.6 is 0 Å². The predicted octanol–water partition coefficient (Wildman–Crippen LogP) is 1.63. The third-order valence-electron chi connectivity index (χ3n) is 7.06. The molecule has 2 aliphatic heterocycles. The molecule has 3 heterocycles. The van der Waals surface area contributed by atoms with Crippen LogP contribution < -0.4 is 24.8 Å². The number of aryl methyl sites for hydroxylation is 1. The Morgan fingerprint density at radius 2 is 1.56 bits per heavy atom. The minimum atomic E-state index is -1.08. The van der Waals surface area contributed by atoms with Gasteiger partial charge in [-0.2, -0.15) is 0 Å². The van der Waals surface area contributed by atoms with E-state index >= 15 is 0 Å². The van der Waals surface area contributed by atoms with E-state index in [4.69, 9.17) is 4.42 Å². The van der Waals surface area contributed by atoms with Gasteiger partial charge in [0, 0.05) is 11.1 Å². The molecule has 0 radical (unpaired) electrons. The minimum Gasteiger partial charge on any atom is -1.00 e. The topological polar surface area (TPSA) is 13.1 Å². The van der Waals surface area contributed by atoms with Crippen LogP contribution in [0, 0.1) is 6.92 Å². The van der Waals surface area contributed by atoms with E-state index in [2.05, 4.69) is 88.5 Å². The van der Waals surface area contributed by atoms with Crippen molar-refractivity contribution in [3.8, 4) is 11.1 Å². The second kappa shape index (κ2) is 9.26. The van der Waals surface area contributed by atoms with Gasteiger partial charge in [0.15, 0.2) is 0 Å². The number of benzene rings is 2. The number of allylic oxidation sites excluding steroid dienone is 2. The largest absolute Gasteiger partial charge is 1.00 e. The van der Waals surface area contributed by atoms with Gasteiger partial charge >= 0.3 is 124 Å². The van der Waals surface area contributed by atoms with Gasteiger partial charge in [0.25, 0.3) is 0 Å². The summed E-state index contributed by atoms with van der Waals surface area (Å²) in [5.41, 5.74) is 12.2. The summed E-state index contributed by atoms with van der Waals surface area (Å²) in [5, 5.41) is 1.66. The molecule has 0 saturated carbocycles. The third-order valence-corrected chi connectivity index (χ3v) is 13.0. The molecule has 2 aliphatic carbocycles. The standard InChI is InChI=1S/C17H15.C10H12OSi.2ClH.Zr/c1-12-6-8-14(9-7-12)16-5-3-4-15-10-13(2)11-17(15)16;1-6-9-7-4-5-11-8(7)10(6)12(9,2)3;;;/h3-11H,1-2H3;4-5,10H,1-3H3;2*1H;/q;;;;+2/p-2. The Morgan fingerprint density at radius 1 is 0.875 bits per heavy atom. The van der Waals surface area contributed by atoms with E-state index in [1.807, 2.05) is 6.26 Å². The van der Waals surface area contributed by atoms with Gasteiger partial charge < -0.3 is 29.2 Å². The number of hydrogen-bond donors (Lipinski definition) is 0. The molecule has 2 bridgehead atoms. The van der Waals surface area contributed by atoms with Crippen molar-refractivity contribution in [3.05, 3.63) is 94.0 Å². The molecule has 0 N–H and O–H groups in total. The second-order valence-electron chi connectivity index (χ2n) is 9.41. The van der Waals surface area contributed by atoms with Gasteiger partial charge in [-0.15, -0.1) is 0 Å². The van der Waals surface area contributed by atoms with E-state index in [1.165, 1.54) is 44.7 Å². The Balaban J connectivity index is 0.000000181. The number of halogens is 2. The fraction of sp³-hybridized carbons (Fsp3) is 0.259. The van der Waals surface area contributed by atoms with Gasteiger partial charge in [0.1, 0.15) is 5.76 Å². The van der Waals surface area contributed by atoms with E-state index in [0.717, 1.165) is 0 Å². The Hall–Kier alpha value is -1.12. The number of hydrogen-bond acceptors (Lipinski definition) is 1. The number of fused-ring (bicyclic) bond motifs is 1. The second-order valence-corrected chi connectivity index (χ2v) is 15.3. The van der Waals surface area contributed by atoms with E-state index < -0.39 is 8.07 Å². The molecule has 7 rings (SSSR count). The van der Waals surface area contributed by atoms with E-state index in [1.54, 1.807) is 35.5 Å². The Morgan fingerprint density at radius 3 is 2.19 bits per heavy atom. The molecular formula is C27H27Cl2OSiZr. The molecule has 0 amide bonds. The van der Waals surface area contributed by atoms with Gasteiger partial charge in [-0.05, 0) is 18.2 Å². The molecule has 2 unspecified atom stereocenters. The average molecular weight is 558 g/mol. The first-order valence-electron chi connectivity index (χ1n) is 10.7. The summed E-state index contributed by atoms with van der Waals surface area (Å²) in [6, 6.07) is 17.7. The quantitative estimate of drug-likeness (QED) is 0.415. The van der Waals surface area contributed by atoms with Crippen molar-refractivity contribution >= 4 is 19.3 Å². The summed E-state index contributed by atoms with van der Waals surface area (Å²) < 4.78 is 6.18. The van der Waals surface area contributed by atoms with Gasteiger partial charge in [-0.25, -0.2) is 0 Å². The van der Waals surface area contributed by atoms with Crippen LogP contribution in [0.4, 0.5) is 0 Å². The van der Waals surface area contributed by atoms with Crippen LogP contribution in [0.5, 0.6) is 0 Å². The monoisotopic (exact) mass is 555 g/mol. The van der Waals surface area contributed by atoms with Crippen molar-refractivity contribution in [1.29, 1.82) is 0 Å². The molecule has 0 spiro atoms. The van der Waals surface area contributed by atoms with Crippen molar-refractivity contribution in [3.63, 3.8) is 0 Å². The van der Waals surface area contributed by atoms with E-state index in [-0.39, 0.29) is 24.8 Å². The van der Waals surface area contributed by atoms with Crippen LogP contribution in [-0.4, -0.2) is 8.07 Å². The maximum Gasteiger partial charge on any atom is -1.00 e. The Kier molecular flexibility index (Phi) is 7.38. The molecule has 1 nitrogen and oxygen atoms in total. The third kappa shape index (κ3) is 3.80. The van der Waals surface area contributed by atoms with Gasteiger partial charge in [-0.1, -0.05) is 18.7 Å². The predicted molar refractivity (Wildman–Crippen MR) is 125 cm³/mol. The number of furan rings is 1. The minimum absolute atomic E-state index is 0.